The lowest BCUT2D eigenvalue weighted by Crippen LogP contribution is -2.70. The van der Waals surface area contributed by atoms with Gasteiger partial charge < -0.3 is 10.1 Å². The largest absolute Gasteiger partial charge is 0.497 e. The fourth-order valence-electron chi connectivity index (χ4n) is 3.96. The summed E-state index contributed by atoms with van der Waals surface area (Å²) >= 11 is 0. The molecule has 154 valence electrons. The number of amides is 2. The minimum atomic E-state index is -3.63. The van der Waals surface area contributed by atoms with E-state index in [1.54, 1.807) is 31.2 Å². The van der Waals surface area contributed by atoms with Gasteiger partial charge in [0.05, 0.1) is 19.9 Å². The average Bonchev–Trinajstić information content (AvgIpc) is 3.13. The first-order chi connectivity index (χ1) is 13.1. The summed E-state index contributed by atoms with van der Waals surface area (Å²) in [7, 11) is -2.11. The van der Waals surface area contributed by atoms with E-state index in [9.17, 15) is 18.0 Å². The first kappa shape index (κ1) is 20.6. The second-order valence-corrected chi connectivity index (χ2v) is 9.67. The van der Waals surface area contributed by atoms with Crippen LogP contribution < -0.4 is 15.0 Å². The molecule has 1 atom stereocenters. The highest BCUT2D eigenvalue weighted by molar-refractivity contribution is 7.88. The summed E-state index contributed by atoms with van der Waals surface area (Å²) in [4.78, 5) is 27.7. The van der Waals surface area contributed by atoms with Crippen molar-refractivity contribution in [2.75, 3.05) is 31.4 Å². The van der Waals surface area contributed by atoms with E-state index in [1.807, 2.05) is 0 Å². The van der Waals surface area contributed by atoms with Gasteiger partial charge in [-0.05, 0) is 31.9 Å². The van der Waals surface area contributed by atoms with E-state index in [-0.39, 0.29) is 25.0 Å². The Kier molecular flexibility index (Phi) is 5.67. The van der Waals surface area contributed by atoms with Gasteiger partial charge in [0.25, 0.3) is 0 Å². The van der Waals surface area contributed by atoms with Crippen LogP contribution in [0.2, 0.25) is 0 Å². The van der Waals surface area contributed by atoms with Gasteiger partial charge in [0, 0.05) is 24.3 Å². The molecule has 8 nitrogen and oxygen atoms in total. The van der Waals surface area contributed by atoms with Crippen molar-refractivity contribution in [1.82, 2.24) is 9.62 Å². The highest BCUT2D eigenvalue weighted by Crippen LogP contribution is 2.33. The van der Waals surface area contributed by atoms with Crippen LogP contribution in [0.4, 0.5) is 5.69 Å². The summed E-state index contributed by atoms with van der Waals surface area (Å²) in [5, 5.41) is 3.02. The number of hydrogen-bond donors (Lipinski definition) is 1. The number of anilines is 1. The molecule has 1 heterocycles. The summed E-state index contributed by atoms with van der Waals surface area (Å²) in [6.07, 6.45) is 4.94. The number of rotatable bonds is 5. The Morgan fingerprint density at radius 2 is 1.96 bits per heavy atom. The van der Waals surface area contributed by atoms with Gasteiger partial charge in [-0.25, -0.2) is 8.42 Å². The average molecular weight is 410 g/mol. The predicted molar refractivity (Wildman–Crippen MR) is 106 cm³/mol. The van der Waals surface area contributed by atoms with Crippen LogP contribution in [0.15, 0.2) is 24.3 Å². The summed E-state index contributed by atoms with van der Waals surface area (Å²) < 4.78 is 30.6. The highest BCUT2D eigenvalue weighted by atomic mass is 32.2. The number of hydrogen-bond acceptors (Lipinski definition) is 5. The second-order valence-electron chi connectivity index (χ2n) is 7.69. The van der Waals surface area contributed by atoms with Gasteiger partial charge in [-0.2, -0.15) is 4.31 Å². The van der Waals surface area contributed by atoms with E-state index in [0.717, 1.165) is 36.2 Å². The molecule has 0 radical (unpaired) electrons. The molecule has 0 spiro atoms. The fraction of sp³-hybridized carbons (Fsp3) is 0.579. The SMILES string of the molecule is COc1cccc(N2C(=O)CN(S(C)(=O)=O)C[C@@]2(C)C(=O)NC2CCCC2)c1. The number of carbonyl (C=O) groups is 2. The summed E-state index contributed by atoms with van der Waals surface area (Å²) in [6.45, 7) is 1.21. The number of methoxy groups -OCH3 is 1. The molecule has 28 heavy (non-hydrogen) atoms. The van der Waals surface area contributed by atoms with Crippen molar-refractivity contribution in [3.63, 3.8) is 0 Å². The number of carbonyl (C=O) groups excluding carboxylic acids is 2. The van der Waals surface area contributed by atoms with Gasteiger partial charge in [0.2, 0.25) is 21.8 Å². The monoisotopic (exact) mass is 409 g/mol. The molecule has 0 unspecified atom stereocenters. The normalized spacial score (nSPS) is 24.4. The van der Waals surface area contributed by atoms with E-state index in [0.29, 0.717) is 11.4 Å². The Balaban J connectivity index is 2.01. The van der Waals surface area contributed by atoms with Crippen LogP contribution >= 0.6 is 0 Å². The zero-order valence-corrected chi connectivity index (χ0v) is 17.3. The lowest BCUT2D eigenvalue weighted by molar-refractivity contribution is -0.133. The summed E-state index contributed by atoms with van der Waals surface area (Å²) in [5.74, 6) is -0.243. The molecular weight excluding hydrogens is 382 g/mol. The third-order valence-corrected chi connectivity index (χ3v) is 6.70. The van der Waals surface area contributed by atoms with Crippen LogP contribution in [0.3, 0.4) is 0 Å². The van der Waals surface area contributed by atoms with Gasteiger partial charge in [-0.3, -0.25) is 14.5 Å². The van der Waals surface area contributed by atoms with Crippen LogP contribution in [0.5, 0.6) is 5.75 Å². The molecular formula is C19H27N3O5S. The fourth-order valence-corrected chi connectivity index (χ4v) is 4.80. The maximum atomic E-state index is 13.3. The Morgan fingerprint density at radius 1 is 1.29 bits per heavy atom. The maximum Gasteiger partial charge on any atom is 0.247 e. The van der Waals surface area contributed by atoms with Gasteiger partial charge in [-0.15, -0.1) is 0 Å². The Hall–Kier alpha value is -2.13. The van der Waals surface area contributed by atoms with Gasteiger partial charge in [-0.1, -0.05) is 18.9 Å². The van der Waals surface area contributed by atoms with Gasteiger partial charge in [0.15, 0.2) is 0 Å². The second kappa shape index (κ2) is 7.71. The molecule has 2 aliphatic rings. The molecule has 0 bridgehead atoms. The molecule has 1 aliphatic carbocycles. The molecule has 1 saturated carbocycles. The summed E-state index contributed by atoms with van der Waals surface area (Å²) in [5.41, 5.74) is -0.866. The molecule has 1 aromatic carbocycles. The molecule has 1 saturated heterocycles. The molecule has 1 aliphatic heterocycles. The highest BCUT2D eigenvalue weighted by Gasteiger charge is 2.50. The smallest absolute Gasteiger partial charge is 0.247 e. The van der Waals surface area contributed by atoms with E-state index in [1.165, 1.54) is 12.0 Å². The molecule has 3 rings (SSSR count). The molecule has 0 aromatic heterocycles. The van der Waals surface area contributed by atoms with Crippen molar-refractivity contribution in [2.45, 2.75) is 44.2 Å². The number of benzene rings is 1. The minimum Gasteiger partial charge on any atom is -0.497 e. The molecule has 1 N–H and O–H groups in total. The van der Waals surface area contributed by atoms with Crippen molar-refractivity contribution in [1.29, 1.82) is 0 Å². The number of nitrogens with one attached hydrogen (secondary N) is 1. The third kappa shape index (κ3) is 4.00. The lowest BCUT2D eigenvalue weighted by Gasteiger charge is -2.46. The number of nitrogens with zero attached hydrogens (tertiary/aromatic N) is 2. The Morgan fingerprint density at radius 3 is 2.57 bits per heavy atom. The zero-order valence-electron chi connectivity index (χ0n) is 16.5. The standard InChI is InChI=1S/C19H27N3O5S/c1-19(18(24)20-14-7-4-5-8-14)13-21(28(3,25)26)12-17(23)22(19)15-9-6-10-16(11-15)27-2/h6,9-11,14H,4-5,7-8,12-13H2,1-3H3,(H,20,24)/t19-/m0/s1. The maximum absolute atomic E-state index is 13.3. The van der Waals surface area contributed by atoms with E-state index < -0.39 is 21.5 Å². The minimum absolute atomic E-state index is 0.0557. The zero-order chi connectivity index (χ0) is 20.5. The van der Waals surface area contributed by atoms with Crippen molar-refractivity contribution in [3.8, 4) is 5.75 Å². The van der Waals surface area contributed by atoms with Crippen LogP contribution in [-0.2, 0) is 19.6 Å². The van der Waals surface area contributed by atoms with Gasteiger partial charge in [0.1, 0.15) is 11.3 Å². The van der Waals surface area contributed by atoms with Gasteiger partial charge >= 0.3 is 0 Å². The molecule has 2 amide bonds. The topological polar surface area (TPSA) is 96.0 Å². The molecule has 9 heteroatoms. The van der Waals surface area contributed by atoms with E-state index in [4.69, 9.17) is 4.74 Å². The van der Waals surface area contributed by atoms with E-state index in [2.05, 4.69) is 5.32 Å². The molecule has 2 fully saturated rings. The molecule has 1 aromatic rings. The van der Waals surface area contributed by atoms with Crippen molar-refractivity contribution in [2.24, 2.45) is 0 Å². The van der Waals surface area contributed by atoms with Crippen molar-refractivity contribution >= 4 is 27.5 Å². The number of piperazine rings is 1. The quantitative estimate of drug-likeness (QED) is 0.786. The third-order valence-electron chi connectivity index (χ3n) is 5.50. The van der Waals surface area contributed by atoms with Crippen molar-refractivity contribution < 1.29 is 22.7 Å². The van der Waals surface area contributed by atoms with Crippen molar-refractivity contribution in [3.05, 3.63) is 24.3 Å². The summed E-state index contributed by atoms with van der Waals surface area (Å²) in [6, 6.07) is 6.93. The Labute approximate surface area is 165 Å². The van der Waals surface area contributed by atoms with E-state index >= 15 is 0 Å². The van der Waals surface area contributed by atoms with Crippen LogP contribution in [-0.4, -0.2) is 62.6 Å². The number of ether oxygens (including phenoxy) is 1. The van der Waals surface area contributed by atoms with Crippen LogP contribution in [0.25, 0.3) is 0 Å². The lowest BCUT2D eigenvalue weighted by atomic mass is 9.94. The van der Waals surface area contributed by atoms with Crippen LogP contribution in [0, 0.1) is 0 Å². The first-order valence-corrected chi connectivity index (χ1v) is 11.2. The van der Waals surface area contributed by atoms with Crippen LogP contribution in [0.1, 0.15) is 32.6 Å². The first-order valence-electron chi connectivity index (χ1n) is 9.38. The number of sulfonamides is 1. The Bertz CT molecular complexity index is 866. The predicted octanol–water partition coefficient (Wildman–Crippen LogP) is 1.12.